The predicted octanol–water partition coefficient (Wildman–Crippen LogP) is 0.531. The monoisotopic (exact) mass is 352 g/mol. The maximum absolute atomic E-state index is 12.1. The number of aromatic nitrogens is 1. The van der Waals surface area contributed by atoms with E-state index in [1.54, 1.807) is 34.6 Å². The van der Waals surface area contributed by atoms with Crippen LogP contribution in [0.1, 0.15) is 49.3 Å². The van der Waals surface area contributed by atoms with Gasteiger partial charge in [-0.2, -0.15) is 0 Å². The number of aromatic amines is 1. The highest BCUT2D eigenvalue weighted by Crippen LogP contribution is 2.06. The van der Waals surface area contributed by atoms with Crippen molar-refractivity contribution in [3.05, 3.63) is 33.2 Å². The fourth-order valence-corrected chi connectivity index (χ4v) is 1.87. The largest absolute Gasteiger partial charge is 0.444 e. The Morgan fingerprint density at radius 2 is 1.84 bits per heavy atom. The Morgan fingerprint density at radius 1 is 1.20 bits per heavy atom. The molecule has 3 amide bonds. The highest BCUT2D eigenvalue weighted by molar-refractivity contribution is 5.96. The van der Waals surface area contributed by atoms with Gasteiger partial charge in [-0.05, 0) is 40.2 Å². The lowest BCUT2D eigenvalue weighted by Gasteiger charge is -2.19. The summed E-state index contributed by atoms with van der Waals surface area (Å²) in [4.78, 5) is 49.4. The summed E-state index contributed by atoms with van der Waals surface area (Å²) in [5.41, 5.74) is 4.59. The van der Waals surface area contributed by atoms with Crippen molar-refractivity contribution in [1.82, 2.24) is 21.2 Å². The van der Waals surface area contributed by atoms with E-state index < -0.39 is 23.5 Å². The molecule has 0 bridgehead atoms. The van der Waals surface area contributed by atoms with Crippen LogP contribution in [0.2, 0.25) is 0 Å². The molecule has 0 saturated carbocycles. The number of alkyl carbamates (subject to hydrolysis) is 1. The molecular formula is C16H24N4O5. The molecule has 0 radical (unpaired) electrons. The first-order chi connectivity index (χ1) is 11.5. The standard InChI is InChI=1S/C16H24N4O5/c1-6-10-7-11(9(2)18-13(10)22)14(23)20-19-12(21)8-17-15(24)25-16(3,4)5/h7H,6,8H2,1-5H3,(H,17,24)(H,18,22)(H,19,21)(H,20,23). The summed E-state index contributed by atoms with van der Waals surface area (Å²) in [5.74, 6) is -1.20. The normalized spacial score (nSPS) is 10.8. The van der Waals surface area contributed by atoms with Crippen molar-refractivity contribution in [3.63, 3.8) is 0 Å². The zero-order valence-corrected chi connectivity index (χ0v) is 15.0. The lowest BCUT2D eigenvalue weighted by Crippen LogP contribution is -2.47. The topological polar surface area (TPSA) is 129 Å². The molecule has 0 atom stereocenters. The molecule has 0 saturated heterocycles. The third-order valence-corrected chi connectivity index (χ3v) is 3.05. The summed E-state index contributed by atoms with van der Waals surface area (Å²) in [6.07, 6.45) is -0.264. The van der Waals surface area contributed by atoms with Crippen molar-refractivity contribution in [1.29, 1.82) is 0 Å². The number of hydrogen-bond donors (Lipinski definition) is 4. The average Bonchev–Trinajstić information content (AvgIpc) is 2.49. The van der Waals surface area contributed by atoms with Crippen molar-refractivity contribution in [2.24, 2.45) is 0 Å². The van der Waals surface area contributed by atoms with E-state index in [0.29, 0.717) is 17.7 Å². The molecule has 1 aromatic rings. The van der Waals surface area contributed by atoms with Crippen molar-refractivity contribution in [3.8, 4) is 0 Å². The number of ether oxygens (including phenoxy) is 1. The van der Waals surface area contributed by atoms with Crippen LogP contribution in [0.25, 0.3) is 0 Å². The maximum Gasteiger partial charge on any atom is 0.408 e. The number of nitrogens with one attached hydrogen (secondary N) is 4. The van der Waals surface area contributed by atoms with Crippen molar-refractivity contribution in [2.45, 2.75) is 46.6 Å². The van der Waals surface area contributed by atoms with Gasteiger partial charge in [-0.3, -0.25) is 25.2 Å². The molecule has 1 heterocycles. The van der Waals surface area contributed by atoms with E-state index in [1.165, 1.54) is 6.07 Å². The maximum atomic E-state index is 12.1. The van der Waals surface area contributed by atoms with Gasteiger partial charge in [0.1, 0.15) is 12.1 Å². The van der Waals surface area contributed by atoms with Gasteiger partial charge in [0.25, 0.3) is 17.4 Å². The third kappa shape index (κ3) is 6.66. The number of hydrazine groups is 1. The fourth-order valence-electron chi connectivity index (χ4n) is 1.87. The zero-order valence-electron chi connectivity index (χ0n) is 15.0. The first kappa shape index (κ1) is 20.2. The van der Waals surface area contributed by atoms with Gasteiger partial charge in [-0.25, -0.2) is 4.79 Å². The van der Waals surface area contributed by atoms with Crippen molar-refractivity contribution >= 4 is 17.9 Å². The quantitative estimate of drug-likeness (QED) is 0.588. The molecule has 1 aromatic heterocycles. The van der Waals surface area contributed by atoms with E-state index in [4.69, 9.17) is 4.74 Å². The highest BCUT2D eigenvalue weighted by atomic mass is 16.6. The predicted molar refractivity (Wildman–Crippen MR) is 91.0 cm³/mol. The molecule has 0 aliphatic heterocycles. The molecule has 9 heteroatoms. The Morgan fingerprint density at radius 3 is 2.40 bits per heavy atom. The molecule has 1 rings (SSSR count). The Hall–Kier alpha value is -2.84. The SMILES string of the molecule is CCc1cc(C(=O)NNC(=O)CNC(=O)OC(C)(C)C)c(C)[nH]c1=O. The van der Waals surface area contributed by atoms with Crippen LogP contribution in [0, 0.1) is 6.92 Å². The number of aryl methyl sites for hydroxylation is 2. The van der Waals surface area contributed by atoms with Gasteiger partial charge in [0, 0.05) is 11.3 Å². The first-order valence-corrected chi connectivity index (χ1v) is 7.82. The van der Waals surface area contributed by atoms with Crippen LogP contribution in [0.15, 0.2) is 10.9 Å². The lowest BCUT2D eigenvalue weighted by atomic mass is 10.1. The molecular weight excluding hydrogens is 328 g/mol. The van der Waals surface area contributed by atoms with E-state index in [0.717, 1.165) is 0 Å². The van der Waals surface area contributed by atoms with Gasteiger partial charge in [0.2, 0.25) is 0 Å². The van der Waals surface area contributed by atoms with E-state index in [9.17, 15) is 19.2 Å². The second-order valence-electron chi connectivity index (χ2n) is 6.37. The Bertz CT molecular complexity index is 718. The van der Waals surface area contributed by atoms with Gasteiger partial charge in [-0.1, -0.05) is 6.92 Å². The molecule has 138 valence electrons. The highest BCUT2D eigenvalue weighted by Gasteiger charge is 2.17. The van der Waals surface area contributed by atoms with E-state index in [1.807, 2.05) is 0 Å². The Kier molecular flexibility index (Phi) is 6.72. The summed E-state index contributed by atoms with van der Waals surface area (Å²) in [5, 5.41) is 2.27. The summed E-state index contributed by atoms with van der Waals surface area (Å²) < 4.78 is 4.98. The van der Waals surface area contributed by atoms with Gasteiger partial charge in [0.15, 0.2) is 0 Å². The molecule has 0 fully saturated rings. The summed E-state index contributed by atoms with van der Waals surface area (Å²) in [7, 11) is 0. The second-order valence-corrected chi connectivity index (χ2v) is 6.37. The molecule has 0 aliphatic rings. The number of amides is 3. The van der Waals surface area contributed by atoms with E-state index in [-0.39, 0.29) is 17.7 Å². The molecule has 9 nitrogen and oxygen atoms in total. The van der Waals surface area contributed by atoms with Crippen molar-refractivity contribution in [2.75, 3.05) is 6.54 Å². The molecule has 0 aromatic carbocycles. The van der Waals surface area contributed by atoms with Gasteiger partial charge < -0.3 is 15.0 Å². The minimum Gasteiger partial charge on any atom is -0.444 e. The average molecular weight is 352 g/mol. The van der Waals surface area contributed by atoms with E-state index in [2.05, 4.69) is 21.2 Å². The van der Waals surface area contributed by atoms with Crippen LogP contribution < -0.4 is 21.7 Å². The minimum atomic E-state index is -0.738. The summed E-state index contributed by atoms with van der Waals surface area (Å²) in [6.45, 7) is 8.12. The van der Waals surface area contributed by atoms with Crippen LogP contribution in [0.3, 0.4) is 0 Å². The Labute approximate surface area is 145 Å². The number of pyridine rings is 1. The molecule has 25 heavy (non-hydrogen) atoms. The summed E-state index contributed by atoms with van der Waals surface area (Å²) in [6, 6.07) is 1.48. The van der Waals surface area contributed by atoms with E-state index >= 15 is 0 Å². The smallest absolute Gasteiger partial charge is 0.408 e. The second kappa shape index (κ2) is 8.32. The first-order valence-electron chi connectivity index (χ1n) is 7.82. The van der Waals surface area contributed by atoms with Gasteiger partial charge in [-0.15, -0.1) is 0 Å². The lowest BCUT2D eigenvalue weighted by molar-refractivity contribution is -0.121. The zero-order chi connectivity index (χ0) is 19.2. The Balaban J connectivity index is 2.55. The molecule has 0 spiro atoms. The molecule has 0 aliphatic carbocycles. The number of hydrogen-bond acceptors (Lipinski definition) is 5. The number of rotatable bonds is 4. The molecule has 0 unspecified atom stereocenters. The third-order valence-electron chi connectivity index (χ3n) is 3.05. The minimum absolute atomic E-state index is 0.247. The number of carbonyl (C=O) groups excluding carboxylic acids is 3. The van der Waals surface area contributed by atoms with Crippen LogP contribution in [-0.2, 0) is 16.0 Å². The van der Waals surface area contributed by atoms with Crippen LogP contribution in [0.4, 0.5) is 4.79 Å². The number of carbonyl (C=O) groups is 3. The van der Waals surface area contributed by atoms with Crippen molar-refractivity contribution < 1.29 is 19.1 Å². The van der Waals surface area contributed by atoms with Crippen LogP contribution in [-0.4, -0.2) is 35.0 Å². The van der Waals surface area contributed by atoms with Crippen LogP contribution >= 0.6 is 0 Å². The summed E-state index contributed by atoms with van der Waals surface area (Å²) >= 11 is 0. The van der Waals surface area contributed by atoms with Gasteiger partial charge in [0.05, 0.1) is 5.56 Å². The fraction of sp³-hybridized carbons (Fsp3) is 0.500. The molecule has 4 N–H and O–H groups in total. The van der Waals surface area contributed by atoms with Crippen LogP contribution in [0.5, 0.6) is 0 Å². The van der Waals surface area contributed by atoms with Gasteiger partial charge >= 0.3 is 6.09 Å². The number of H-pyrrole nitrogens is 1.